The third kappa shape index (κ3) is 4.25. The SMILES string of the molecule is Cc1c(C2=N/C(=C\c3cccc(OCC(C)C)c3)C(=O)O2)cccc1[N+](=O)[O-]. The molecule has 0 saturated carbocycles. The van der Waals surface area contributed by atoms with E-state index in [4.69, 9.17) is 9.47 Å². The number of nitrogens with zero attached hydrogens (tertiary/aromatic N) is 2. The smallest absolute Gasteiger partial charge is 0.363 e. The molecule has 144 valence electrons. The number of ether oxygens (including phenoxy) is 2. The summed E-state index contributed by atoms with van der Waals surface area (Å²) in [5.74, 6) is 0.560. The van der Waals surface area contributed by atoms with E-state index in [2.05, 4.69) is 18.8 Å². The van der Waals surface area contributed by atoms with E-state index in [9.17, 15) is 14.9 Å². The van der Waals surface area contributed by atoms with Gasteiger partial charge in [0.25, 0.3) is 5.69 Å². The lowest BCUT2D eigenvalue weighted by Crippen LogP contribution is -2.08. The van der Waals surface area contributed by atoms with Gasteiger partial charge in [0.15, 0.2) is 5.70 Å². The molecule has 28 heavy (non-hydrogen) atoms. The van der Waals surface area contributed by atoms with E-state index in [1.165, 1.54) is 12.1 Å². The summed E-state index contributed by atoms with van der Waals surface area (Å²) < 4.78 is 10.9. The molecule has 0 amide bonds. The maximum atomic E-state index is 12.2. The number of nitro benzene ring substituents is 1. The number of rotatable bonds is 6. The highest BCUT2D eigenvalue weighted by Gasteiger charge is 2.27. The van der Waals surface area contributed by atoms with Gasteiger partial charge >= 0.3 is 5.97 Å². The quantitative estimate of drug-likeness (QED) is 0.323. The zero-order chi connectivity index (χ0) is 20.3. The molecular formula is C21H20N2O5. The van der Waals surface area contributed by atoms with Crippen LogP contribution >= 0.6 is 0 Å². The molecule has 1 heterocycles. The fraction of sp³-hybridized carbons (Fsp3) is 0.238. The largest absolute Gasteiger partial charge is 0.493 e. The molecule has 2 aromatic carbocycles. The lowest BCUT2D eigenvalue weighted by Gasteiger charge is -2.08. The zero-order valence-corrected chi connectivity index (χ0v) is 15.8. The molecular weight excluding hydrogens is 360 g/mol. The van der Waals surface area contributed by atoms with Crippen molar-refractivity contribution in [2.45, 2.75) is 20.8 Å². The number of hydrogen-bond acceptors (Lipinski definition) is 6. The van der Waals surface area contributed by atoms with Crippen LogP contribution in [0.15, 0.2) is 53.2 Å². The molecule has 0 bridgehead atoms. The molecule has 0 N–H and O–H groups in total. The first-order valence-electron chi connectivity index (χ1n) is 8.85. The normalized spacial score (nSPS) is 14.9. The summed E-state index contributed by atoms with van der Waals surface area (Å²) in [6.45, 7) is 6.32. The van der Waals surface area contributed by atoms with Gasteiger partial charge in [-0.25, -0.2) is 9.79 Å². The average Bonchev–Trinajstić information content (AvgIpc) is 3.00. The summed E-state index contributed by atoms with van der Waals surface area (Å²) >= 11 is 0. The minimum atomic E-state index is -0.602. The molecule has 0 spiro atoms. The van der Waals surface area contributed by atoms with Crippen LogP contribution in [0.5, 0.6) is 5.75 Å². The Bertz CT molecular complexity index is 992. The first-order valence-corrected chi connectivity index (χ1v) is 8.85. The van der Waals surface area contributed by atoms with E-state index < -0.39 is 10.9 Å². The lowest BCUT2D eigenvalue weighted by atomic mass is 10.1. The van der Waals surface area contributed by atoms with Crippen molar-refractivity contribution in [2.75, 3.05) is 6.61 Å². The predicted octanol–water partition coefficient (Wildman–Crippen LogP) is 4.28. The number of benzene rings is 2. The number of cyclic esters (lactones) is 1. The molecule has 0 atom stereocenters. The summed E-state index contributed by atoms with van der Waals surface area (Å²) in [6, 6.07) is 11.9. The van der Waals surface area contributed by atoms with Crippen LogP contribution in [0.25, 0.3) is 6.08 Å². The molecule has 7 nitrogen and oxygen atoms in total. The highest BCUT2D eigenvalue weighted by Crippen LogP contribution is 2.26. The van der Waals surface area contributed by atoms with E-state index in [1.807, 2.05) is 24.3 Å². The van der Waals surface area contributed by atoms with Crippen molar-refractivity contribution < 1.29 is 19.2 Å². The molecule has 1 aliphatic rings. The lowest BCUT2D eigenvalue weighted by molar-refractivity contribution is -0.385. The van der Waals surface area contributed by atoms with Crippen molar-refractivity contribution in [3.05, 3.63) is 75.0 Å². The second kappa shape index (κ2) is 8.04. The van der Waals surface area contributed by atoms with Gasteiger partial charge in [-0.1, -0.05) is 32.0 Å². The average molecular weight is 380 g/mol. The third-order valence-corrected chi connectivity index (χ3v) is 4.10. The van der Waals surface area contributed by atoms with Crippen LogP contribution < -0.4 is 4.74 Å². The van der Waals surface area contributed by atoms with Crippen molar-refractivity contribution in [2.24, 2.45) is 10.9 Å². The van der Waals surface area contributed by atoms with Gasteiger partial charge < -0.3 is 9.47 Å². The Hall–Kier alpha value is -3.48. The first-order chi connectivity index (χ1) is 13.3. The van der Waals surface area contributed by atoms with Crippen molar-refractivity contribution >= 4 is 23.6 Å². The maximum Gasteiger partial charge on any atom is 0.363 e. The Balaban J connectivity index is 1.90. The number of hydrogen-bond donors (Lipinski definition) is 0. The van der Waals surface area contributed by atoms with Gasteiger partial charge in [-0.2, -0.15) is 0 Å². The van der Waals surface area contributed by atoms with Crippen LogP contribution in [0.2, 0.25) is 0 Å². The van der Waals surface area contributed by atoms with Gasteiger partial charge in [0.2, 0.25) is 5.90 Å². The van der Waals surface area contributed by atoms with Crippen LogP contribution in [0, 0.1) is 23.0 Å². The number of carbonyl (C=O) groups is 1. The van der Waals surface area contributed by atoms with Gasteiger partial charge in [0.1, 0.15) is 5.75 Å². The Kier molecular flexibility index (Phi) is 5.54. The van der Waals surface area contributed by atoms with Gasteiger partial charge in [0.05, 0.1) is 11.5 Å². The van der Waals surface area contributed by atoms with Crippen molar-refractivity contribution in [3.8, 4) is 5.75 Å². The van der Waals surface area contributed by atoms with E-state index in [1.54, 1.807) is 19.1 Å². The molecule has 0 radical (unpaired) electrons. The summed E-state index contributed by atoms with van der Waals surface area (Å²) in [6.07, 6.45) is 1.60. The Labute approximate surface area is 162 Å². The van der Waals surface area contributed by atoms with E-state index >= 15 is 0 Å². The molecule has 1 aliphatic heterocycles. The van der Waals surface area contributed by atoms with Crippen LogP contribution in [0.3, 0.4) is 0 Å². The highest BCUT2D eigenvalue weighted by molar-refractivity contribution is 6.13. The van der Waals surface area contributed by atoms with Crippen molar-refractivity contribution in [1.82, 2.24) is 0 Å². The summed E-state index contributed by atoms with van der Waals surface area (Å²) in [5.41, 5.74) is 1.63. The van der Waals surface area contributed by atoms with Gasteiger partial charge in [-0.15, -0.1) is 0 Å². The summed E-state index contributed by atoms with van der Waals surface area (Å²) in [5, 5.41) is 11.1. The van der Waals surface area contributed by atoms with E-state index in [0.717, 1.165) is 5.56 Å². The zero-order valence-electron chi connectivity index (χ0n) is 15.8. The van der Waals surface area contributed by atoms with Gasteiger partial charge in [-0.3, -0.25) is 10.1 Å². The van der Waals surface area contributed by atoms with Crippen LogP contribution in [0.1, 0.15) is 30.5 Å². The molecule has 7 heteroatoms. The number of carbonyl (C=O) groups excluding carboxylic acids is 1. The Morgan fingerprint density at radius 1 is 1.25 bits per heavy atom. The summed E-state index contributed by atoms with van der Waals surface area (Å²) in [4.78, 5) is 27.1. The monoisotopic (exact) mass is 380 g/mol. The second-order valence-corrected chi connectivity index (χ2v) is 6.82. The molecule has 0 aromatic heterocycles. The van der Waals surface area contributed by atoms with Crippen LogP contribution in [0.4, 0.5) is 5.69 Å². The molecule has 3 rings (SSSR count). The van der Waals surface area contributed by atoms with Crippen LogP contribution in [-0.4, -0.2) is 23.4 Å². The van der Waals surface area contributed by atoms with Crippen molar-refractivity contribution in [1.29, 1.82) is 0 Å². The van der Waals surface area contributed by atoms with E-state index in [-0.39, 0.29) is 17.3 Å². The molecule has 0 aliphatic carbocycles. The fourth-order valence-electron chi connectivity index (χ4n) is 2.69. The molecule has 2 aromatic rings. The summed E-state index contributed by atoms with van der Waals surface area (Å²) in [7, 11) is 0. The predicted molar refractivity (Wildman–Crippen MR) is 105 cm³/mol. The Morgan fingerprint density at radius 3 is 2.71 bits per heavy atom. The molecule has 0 fully saturated rings. The van der Waals surface area contributed by atoms with Gasteiger partial charge in [0, 0.05) is 17.2 Å². The molecule has 0 saturated heterocycles. The first kappa shape index (κ1) is 19.3. The standard InChI is InChI=1S/C21H20N2O5/c1-13(2)12-27-16-7-4-6-15(10-16)11-18-21(24)28-20(22-18)17-8-5-9-19(14(17)3)23(25)26/h4-11,13H,12H2,1-3H3/b18-11-. The number of nitro groups is 1. The van der Waals surface area contributed by atoms with E-state index in [0.29, 0.717) is 29.4 Å². The van der Waals surface area contributed by atoms with Gasteiger partial charge in [-0.05, 0) is 42.7 Å². The van der Waals surface area contributed by atoms with Crippen LogP contribution in [-0.2, 0) is 9.53 Å². The second-order valence-electron chi connectivity index (χ2n) is 6.82. The fourth-order valence-corrected chi connectivity index (χ4v) is 2.69. The minimum Gasteiger partial charge on any atom is -0.493 e. The highest BCUT2D eigenvalue weighted by atomic mass is 16.6. The Morgan fingerprint density at radius 2 is 2.00 bits per heavy atom. The number of esters is 1. The number of aliphatic imine (C=N–C) groups is 1. The third-order valence-electron chi connectivity index (χ3n) is 4.10. The maximum absolute atomic E-state index is 12.2. The minimum absolute atomic E-state index is 0.0521. The molecule has 0 unspecified atom stereocenters. The van der Waals surface area contributed by atoms with Crippen molar-refractivity contribution in [3.63, 3.8) is 0 Å². The topological polar surface area (TPSA) is 91.0 Å².